The van der Waals surface area contributed by atoms with Crippen LogP contribution in [0, 0.1) is 0 Å². The van der Waals surface area contributed by atoms with Gasteiger partial charge in [0, 0.05) is 0 Å². The van der Waals surface area contributed by atoms with Crippen molar-refractivity contribution in [2.45, 2.75) is 0 Å². The van der Waals surface area contributed by atoms with Gasteiger partial charge < -0.3 is 0 Å². The Bertz CT molecular complexity index is 6.00. The fourth-order valence-electron chi connectivity index (χ4n) is 0. The van der Waals surface area contributed by atoms with Crippen molar-refractivity contribution in [3.8, 4) is 0 Å². The Kier molecular flexibility index (Phi) is 20.2. The average molecular weight is 186 g/mol. The van der Waals surface area contributed by atoms with Crippen molar-refractivity contribution in [3.63, 3.8) is 0 Å². The van der Waals surface area contributed by atoms with Crippen molar-refractivity contribution in [3.05, 3.63) is 0 Å². The number of hydrogen-bond donors (Lipinski definition) is 0. The van der Waals surface area contributed by atoms with Crippen molar-refractivity contribution in [2.75, 3.05) is 0 Å². The zero-order valence-electron chi connectivity index (χ0n) is 1.44. The van der Waals surface area contributed by atoms with Gasteiger partial charge >= 0.3 is 50.3 Å². The molecule has 0 aliphatic carbocycles. The van der Waals surface area contributed by atoms with Crippen LogP contribution in [-0.2, 0) is 30.0 Å². The first kappa shape index (κ1) is 9.15. The minimum atomic E-state index is 0. The van der Waals surface area contributed by atoms with Crippen LogP contribution < -0.4 is 0 Å². The summed E-state index contributed by atoms with van der Waals surface area (Å²) in [5, 5.41) is 0. The van der Waals surface area contributed by atoms with E-state index in [0.717, 1.165) is 0 Å². The summed E-state index contributed by atoms with van der Waals surface area (Å²) in [7, 11) is 9.47. The van der Waals surface area contributed by atoms with Gasteiger partial charge in [0.1, 0.15) is 0 Å². The predicted molar refractivity (Wildman–Crippen MR) is 11.7 cm³/mol. The van der Waals surface area contributed by atoms with Gasteiger partial charge in [-0.05, 0) is 0 Å². The second-order valence-electron chi connectivity index (χ2n) is 0.0476. The van der Waals surface area contributed by atoms with E-state index in [2.05, 4.69) is 0 Å². The zero-order valence-corrected chi connectivity index (χ0v) is 5.10. The fraction of sp³-hybridized carbons (Fsp3) is 0. The molecule has 0 saturated heterocycles. The predicted octanol–water partition coefficient (Wildman–Crippen LogP) is 1.37. The maximum absolute atomic E-state index is 4.73. The molecule has 4 heteroatoms. The van der Waals surface area contributed by atoms with E-state index in [1.165, 1.54) is 0 Å². The van der Waals surface area contributed by atoms with Crippen LogP contribution in [0.3, 0.4) is 0 Å². The van der Waals surface area contributed by atoms with E-state index < -0.39 is 0 Å². The molecule has 0 saturated carbocycles. The minimum Gasteiger partial charge on any atom is 2.00 e. The summed E-state index contributed by atoms with van der Waals surface area (Å²) >= 11 is 0.382. The van der Waals surface area contributed by atoms with E-state index in [4.69, 9.17) is 20.3 Å². The molecule has 0 bridgehead atoms. The molecule has 4 heavy (non-hydrogen) atoms. The molecule has 0 spiro atoms. The third kappa shape index (κ3) is 9.49. The van der Waals surface area contributed by atoms with Gasteiger partial charge in [-0.1, -0.05) is 0 Å². The third-order valence-electron chi connectivity index (χ3n) is 0. The summed E-state index contributed by atoms with van der Waals surface area (Å²) in [6.07, 6.45) is 0. The van der Waals surface area contributed by atoms with Gasteiger partial charge in [0.2, 0.25) is 0 Å². The fourth-order valence-corrected chi connectivity index (χ4v) is 0. The topological polar surface area (TPSA) is 0 Å². The van der Waals surface area contributed by atoms with Crippen LogP contribution in [0.25, 0.3) is 0 Å². The van der Waals surface area contributed by atoms with Gasteiger partial charge in [-0.15, -0.1) is 0 Å². The summed E-state index contributed by atoms with van der Waals surface area (Å²) in [4.78, 5) is 0. The molecule has 0 unspecified atom stereocenters. The Morgan fingerprint density at radius 3 is 1.25 bits per heavy atom. The monoisotopic (exact) mass is 185 g/mol. The van der Waals surface area contributed by atoms with E-state index in [1.807, 2.05) is 0 Å². The van der Waals surface area contributed by atoms with Crippen LogP contribution in [0.4, 0.5) is 0 Å². The Morgan fingerprint density at radius 1 is 1.25 bits per heavy atom. The molecule has 0 aliphatic rings. The van der Waals surface area contributed by atoms with Gasteiger partial charge in [-0.2, -0.15) is 0 Å². The number of hydrogen-bond acceptors (Lipinski definition) is 0. The normalized spacial score (nSPS) is 5.50. The molecule has 0 amide bonds. The molecule has 0 heterocycles. The molecule has 0 fully saturated rings. The first-order valence-corrected chi connectivity index (χ1v) is 3.12. The van der Waals surface area contributed by atoms with Crippen molar-refractivity contribution in [1.82, 2.24) is 0 Å². The van der Waals surface area contributed by atoms with Crippen molar-refractivity contribution in [1.29, 1.82) is 0 Å². The van der Waals surface area contributed by atoms with E-state index in [-0.39, 0.29) is 17.1 Å². The zero-order chi connectivity index (χ0) is 2.71. The average Bonchev–Trinajstić information content (AvgIpc) is 0.918. The van der Waals surface area contributed by atoms with Crippen LogP contribution in [0.1, 0.15) is 0 Å². The van der Waals surface area contributed by atoms with Gasteiger partial charge in [-0.25, -0.2) is 0 Å². The van der Waals surface area contributed by atoms with E-state index in [0.29, 0.717) is 12.9 Å². The summed E-state index contributed by atoms with van der Waals surface area (Å²) in [6, 6.07) is 0. The third-order valence-corrected chi connectivity index (χ3v) is 0. The van der Waals surface area contributed by atoms with E-state index in [9.17, 15) is 0 Å². The van der Waals surface area contributed by atoms with Crippen molar-refractivity contribution in [2.24, 2.45) is 0 Å². The van der Waals surface area contributed by atoms with Crippen LogP contribution in [-0.4, -0.2) is 0 Å². The Balaban J connectivity index is 0. The molecule has 0 aliphatic heterocycles. The molecule has 0 N–H and O–H groups in total. The molecule has 0 atom stereocenters. The van der Waals surface area contributed by atoms with E-state index in [1.54, 1.807) is 0 Å². The molecule has 0 aromatic heterocycles. The quantitative estimate of drug-likeness (QED) is 0.501. The van der Waals surface area contributed by atoms with Crippen molar-refractivity contribution < 1.29 is 30.0 Å². The second kappa shape index (κ2) is 8.82. The molecule has 0 aromatic carbocycles. The first-order chi connectivity index (χ1) is 1.41. The smallest absolute Gasteiger partial charge is 2.00 e. The molecule has 0 rings (SSSR count). The van der Waals surface area contributed by atoms with Crippen molar-refractivity contribution >= 4 is 20.3 Å². The van der Waals surface area contributed by atoms with Gasteiger partial charge in [0.05, 0.1) is 0 Å². The summed E-state index contributed by atoms with van der Waals surface area (Å²) in [5.74, 6) is 0. The van der Waals surface area contributed by atoms with Gasteiger partial charge in [-0.3, -0.25) is 0 Å². The summed E-state index contributed by atoms with van der Waals surface area (Å²) in [5.41, 5.74) is 0. The number of halogens is 2. The van der Waals surface area contributed by atoms with Gasteiger partial charge in [0.15, 0.2) is 0 Å². The Hall–Kier alpha value is 1.61. The molecule has 0 radical (unpaired) electrons. The molecular formula is Cl2CoFe+2. The summed E-state index contributed by atoms with van der Waals surface area (Å²) in [6.45, 7) is 0. The Morgan fingerprint density at radius 2 is 1.25 bits per heavy atom. The summed E-state index contributed by atoms with van der Waals surface area (Å²) < 4.78 is 0. The maximum Gasteiger partial charge on any atom is 2.00 e. The standard InChI is InChI=1S/2ClH.Co.Fe/h2*1H;;/q;;2*+2/p-2. The molecular weight excluding hydrogens is 186 g/mol. The van der Waals surface area contributed by atoms with Gasteiger partial charge in [0.25, 0.3) is 0 Å². The SMILES string of the molecule is [Cl][Co][Cl].[Fe+2]. The molecule has 0 aromatic rings. The molecule has 29 valence electrons. The number of rotatable bonds is 0. The maximum atomic E-state index is 4.73. The van der Waals surface area contributed by atoms with Crippen LogP contribution >= 0.6 is 20.3 Å². The minimum absolute atomic E-state index is 0. The van der Waals surface area contributed by atoms with Crippen LogP contribution in [0.2, 0.25) is 0 Å². The Labute approximate surface area is 50.2 Å². The largest absolute Gasteiger partial charge is 2.00 e. The van der Waals surface area contributed by atoms with E-state index >= 15 is 0 Å². The molecule has 0 nitrogen and oxygen atoms in total. The van der Waals surface area contributed by atoms with Crippen LogP contribution in [0.15, 0.2) is 0 Å². The van der Waals surface area contributed by atoms with Crippen LogP contribution in [0.5, 0.6) is 0 Å². The first-order valence-electron chi connectivity index (χ1n) is 0.252. The second-order valence-corrected chi connectivity index (χ2v) is 1.77.